The number of benzene rings is 1. The predicted molar refractivity (Wildman–Crippen MR) is 79.9 cm³/mol. The first-order chi connectivity index (χ1) is 11.0. The highest BCUT2D eigenvalue weighted by molar-refractivity contribution is 5.87. The molecule has 5 N–H and O–H groups in total. The second-order valence-corrected chi connectivity index (χ2v) is 5.07. The van der Waals surface area contributed by atoms with E-state index in [2.05, 4.69) is 15.3 Å². The van der Waals surface area contributed by atoms with Crippen LogP contribution in [0.2, 0.25) is 0 Å². The van der Waals surface area contributed by atoms with Crippen LogP contribution in [0, 0.1) is 5.82 Å². The van der Waals surface area contributed by atoms with Crippen molar-refractivity contribution in [1.82, 2.24) is 15.3 Å². The minimum Gasteiger partial charge on any atom is -0.480 e. The van der Waals surface area contributed by atoms with Gasteiger partial charge in [0.25, 0.3) is 0 Å². The number of amides is 1. The van der Waals surface area contributed by atoms with Gasteiger partial charge in [-0.3, -0.25) is 4.79 Å². The van der Waals surface area contributed by atoms with Gasteiger partial charge in [-0.2, -0.15) is 0 Å². The minimum atomic E-state index is -1.26. The van der Waals surface area contributed by atoms with E-state index in [1.165, 1.54) is 24.5 Å². The van der Waals surface area contributed by atoms with Crippen LogP contribution in [0.25, 0.3) is 0 Å². The molecule has 0 radical (unpaired) electrons. The molecule has 0 saturated heterocycles. The van der Waals surface area contributed by atoms with Crippen molar-refractivity contribution in [2.24, 2.45) is 5.73 Å². The maximum Gasteiger partial charge on any atom is 0.326 e. The molecule has 0 aliphatic rings. The zero-order valence-electron chi connectivity index (χ0n) is 12.2. The molecule has 23 heavy (non-hydrogen) atoms. The third-order valence-corrected chi connectivity index (χ3v) is 3.32. The van der Waals surface area contributed by atoms with Gasteiger partial charge in [-0.1, -0.05) is 18.2 Å². The molecular formula is C15H17FN4O3. The van der Waals surface area contributed by atoms with Crippen molar-refractivity contribution in [3.63, 3.8) is 0 Å². The highest BCUT2D eigenvalue weighted by Crippen LogP contribution is 2.09. The molecule has 0 spiro atoms. The zero-order valence-corrected chi connectivity index (χ0v) is 12.2. The van der Waals surface area contributed by atoms with E-state index in [4.69, 9.17) is 5.73 Å². The molecule has 2 atom stereocenters. The van der Waals surface area contributed by atoms with E-state index in [1.54, 1.807) is 12.3 Å². The molecule has 1 unspecified atom stereocenters. The van der Waals surface area contributed by atoms with Crippen molar-refractivity contribution in [1.29, 1.82) is 0 Å². The van der Waals surface area contributed by atoms with Crippen LogP contribution in [0.4, 0.5) is 4.39 Å². The van der Waals surface area contributed by atoms with Crippen molar-refractivity contribution in [2.45, 2.75) is 24.9 Å². The summed E-state index contributed by atoms with van der Waals surface area (Å²) in [5, 5.41) is 11.6. The number of aliphatic carboxylic acids is 1. The predicted octanol–water partition coefficient (Wildman–Crippen LogP) is 0.231. The van der Waals surface area contributed by atoms with Crippen LogP contribution in [-0.4, -0.2) is 39.0 Å². The van der Waals surface area contributed by atoms with Gasteiger partial charge in [0.05, 0.1) is 18.1 Å². The number of aromatic amines is 1. The van der Waals surface area contributed by atoms with Crippen LogP contribution < -0.4 is 11.1 Å². The summed E-state index contributed by atoms with van der Waals surface area (Å²) >= 11 is 0. The van der Waals surface area contributed by atoms with Crippen LogP contribution in [0.3, 0.4) is 0 Å². The lowest BCUT2D eigenvalue weighted by atomic mass is 10.0. The number of nitrogens with one attached hydrogen (secondary N) is 2. The highest BCUT2D eigenvalue weighted by Gasteiger charge is 2.24. The van der Waals surface area contributed by atoms with E-state index in [0.717, 1.165) is 0 Å². The van der Waals surface area contributed by atoms with Crippen molar-refractivity contribution in [3.8, 4) is 0 Å². The lowest BCUT2D eigenvalue weighted by Crippen LogP contribution is -2.50. The standard InChI is InChI=1S/C15H17FN4O3/c16-11-4-2-1-3-9(11)5-13(15(22)23)20-14(21)12(17)6-10-7-18-8-19-10/h1-4,7-8,12-13H,5-6,17H2,(H,18,19)(H,20,21)(H,22,23)/t12-,13?/m0/s1. The summed E-state index contributed by atoms with van der Waals surface area (Å²) in [6, 6.07) is 3.61. The number of carbonyl (C=O) groups excluding carboxylic acids is 1. The Bertz CT molecular complexity index is 675. The number of carboxylic acid groups (broad SMARTS) is 1. The smallest absolute Gasteiger partial charge is 0.326 e. The Morgan fingerprint density at radius 2 is 2.09 bits per heavy atom. The lowest BCUT2D eigenvalue weighted by Gasteiger charge is -2.17. The quantitative estimate of drug-likeness (QED) is 0.582. The Balaban J connectivity index is 2.00. The number of aromatic nitrogens is 2. The van der Waals surface area contributed by atoms with Gasteiger partial charge in [0.1, 0.15) is 11.9 Å². The summed E-state index contributed by atoms with van der Waals surface area (Å²) in [5.41, 5.74) is 6.55. The number of nitrogens with zero attached hydrogens (tertiary/aromatic N) is 1. The first-order valence-electron chi connectivity index (χ1n) is 6.97. The van der Waals surface area contributed by atoms with Crippen LogP contribution in [0.15, 0.2) is 36.8 Å². The Morgan fingerprint density at radius 1 is 1.35 bits per heavy atom. The fourth-order valence-electron chi connectivity index (χ4n) is 2.08. The molecule has 122 valence electrons. The average Bonchev–Trinajstić information content (AvgIpc) is 3.01. The number of nitrogens with two attached hydrogens (primary N) is 1. The third kappa shape index (κ3) is 4.62. The molecule has 0 saturated carbocycles. The average molecular weight is 320 g/mol. The molecule has 0 fully saturated rings. The van der Waals surface area contributed by atoms with E-state index in [0.29, 0.717) is 5.69 Å². The number of hydrogen-bond acceptors (Lipinski definition) is 4. The van der Waals surface area contributed by atoms with E-state index >= 15 is 0 Å². The first-order valence-corrected chi connectivity index (χ1v) is 6.97. The first kappa shape index (κ1) is 16.6. The fourth-order valence-corrected chi connectivity index (χ4v) is 2.08. The van der Waals surface area contributed by atoms with Crippen molar-refractivity contribution in [2.75, 3.05) is 0 Å². The number of H-pyrrole nitrogens is 1. The molecule has 0 bridgehead atoms. The number of rotatable bonds is 7. The summed E-state index contributed by atoms with van der Waals surface area (Å²) in [4.78, 5) is 30.0. The van der Waals surface area contributed by atoms with Gasteiger partial charge in [0, 0.05) is 19.0 Å². The Labute approximate surface area is 131 Å². The summed E-state index contributed by atoms with van der Waals surface area (Å²) in [6.45, 7) is 0. The molecule has 1 aromatic heterocycles. The van der Waals surface area contributed by atoms with Crippen molar-refractivity contribution in [3.05, 3.63) is 53.9 Å². The van der Waals surface area contributed by atoms with Gasteiger partial charge >= 0.3 is 5.97 Å². The van der Waals surface area contributed by atoms with Crippen LogP contribution in [0.5, 0.6) is 0 Å². The van der Waals surface area contributed by atoms with E-state index in [-0.39, 0.29) is 18.4 Å². The molecule has 2 aromatic rings. The van der Waals surface area contributed by atoms with Gasteiger partial charge in [0.15, 0.2) is 0 Å². The lowest BCUT2D eigenvalue weighted by molar-refractivity contribution is -0.142. The highest BCUT2D eigenvalue weighted by atomic mass is 19.1. The molecule has 2 rings (SSSR count). The molecule has 0 aliphatic carbocycles. The Kier molecular flexibility index (Phi) is 5.42. The van der Waals surface area contributed by atoms with E-state index < -0.39 is 29.8 Å². The number of halogens is 1. The van der Waals surface area contributed by atoms with Gasteiger partial charge < -0.3 is 21.1 Å². The normalized spacial score (nSPS) is 13.3. The summed E-state index contributed by atoms with van der Waals surface area (Å²) < 4.78 is 13.6. The maximum atomic E-state index is 13.6. The van der Waals surface area contributed by atoms with Crippen LogP contribution >= 0.6 is 0 Å². The Hall–Kier alpha value is -2.74. The van der Waals surface area contributed by atoms with Crippen molar-refractivity contribution >= 4 is 11.9 Å². The van der Waals surface area contributed by atoms with E-state index in [9.17, 15) is 19.1 Å². The topological polar surface area (TPSA) is 121 Å². The molecule has 0 aliphatic heterocycles. The molecule has 8 heteroatoms. The maximum absolute atomic E-state index is 13.6. The summed E-state index contributed by atoms with van der Waals surface area (Å²) in [5.74, 6) is -2.40. The number of carboxylic acids is 1. The molecule has 1 amide bonds. The van der Waals surface area contributed by atoms with Gasteiger partial charge in [-0.05, 0) is 11.6 Å². The van der Waals surface area contributed by atoms with Crippen molar-refractivity contribution < 1.29 is 19.1 Å². The molecule has 1 heterocycles. The SMILES string of the molecule is N[C@@H](Cc1c[nH]cn1)C(=O)NC(Cc1ccccc1F)C(=O)O. The van der Waals surface area contributed by atoms with Gasteiger partial charge in [0.2, 0.25) is 5.91 Å². The number of carbonyl (C=O) groups is 2. The Morgan fingerprint density at radius 3 is 2.70 bits per heavy atom. The van der Waals surface area contributed by atoms with Crippen LogP contribution in [0.1, 0.15) is 11.3 Å². The summed E-state index contributed by atoms with van der Waals surface area (Å²) in [6.07, 6.45) is 3.06. The molecular weight excluding hydrogens is 303 g/mol. The van der Waals surface area contributed by atoms with E-state index in [1.807, 2.05) is 0 Å². The summed E-state index contributed by atoms with van der Waals surface area (Å²) in [7, 11) is 0. The van der Waals surface area contributed by atoms with Gasteiger partial charge in [-0.15, -0.1) is 0 Å². The largest absolute Gasteiger partial charge is 0.480 e. The number of hydrogen-bond donors (Lipinski definition) is 4. The minimum absolute atomic E-state index is 0.164. The third-order valence-electron chi connectivity index (χ3n) is 3.32. The zero-order chi connectivity index (χ0) is 16.8. The second kappa shape index (κ2) is 7.50. The number of imidazole rings is 1. The van der Waals surface area contributed by atoms with Crippen LogP contribution in [-0.2, 0) is 22.4 Å². The van der Waals surface area contributed by atoms with Gasteiger partial charge in [-0.25, -0.2) is 14.2 Å². The molecule has 1 aromatic carbocycles. The fraction of sp³-hybridized carbons (Fsp3) is 0.267. The molecule has 7 nitrogen and oxygen atoms in total. The second-order valence-electron chi connectivity index (χ2n) is 5.07. The monoisotopic (exact) mass is 320 g/mol.